The van der Waals surface area contributed by atoms with Crippen molar-refractivity contribution in [2.75, 3.05) is 13.7 Å². The predicted molar refractivity (Wildman–Crippen MR) is 228 cm³/mol. The highest BCUT2D eigenvalue weighted by Crippen LogP contribution is 2.39. The number of carboxylic acid groups (broad SMARTS) is 1. The van der Waals surface area contributed by atoms with Crippen LogP contribution >= 0.6 is 0 Å². The lowest BCUT2D eigenvalue weighted by molar-refractivity contribution is -0.135. The molecule has 60 heavy (non-hydrogen) atoms. The first-order chi connectivity index (χ1) is 28.9. The molecule has 0 spiro atoms. The molecule has 3 heterocycles. The van der Waals surface area contributed by atoms with Gasteiger partial charge in [-0.3, -0.25) is 9.59 Å². The second-order valence-electron chi connectivity index (χ2n) is 17.1. The summed E-state index contributed by atoms with van der Waals surface area (Å²) in [5.74, 6) is 0.926. The fourth-order valence-corrected chi connectivity index (χ4v) is 9.30. The summed E-state index contributed by atoms with van der Waals surface area (Å²) in [6, 6.07) is 19.6. The van der Waals surface area contributed by atoms with Crippen LogP contribution in [0.15, 0.2) is 60.7 Å². The molecule has 2 aliphatic carbocycles. The van der Waals surface area contributed by atoms with E-state index < -0.39 is 24.3 Å². The van der Waals surface area contributed by atoms with Gasteiger partial charge in [-0.1, -0.05) is 82.6 Å². The van der Waals surface area contributed by atoms with Gasteiger partial charge in [-0.2, -0.15) is 0 Å². The molecule has 3 aliphatic rings. The zero-order chi connectivity index (χ0) is 42.2. The summed E-state index contributed by atoms with van der Waals surface area (Å²) < 4.78 is 4.79. The summed E-state index contributed by atoms with van der Waals surface area (Å²) in [6.07, 6.45) is 4.14. The van der Waals surface area contributed by atoms with Crippen LogP contribution in [0, 0.1) is 11.8 Å². The number of hydrogen-bond acceptors (Lipinski definition) is 7. The lowest BCUT2D eigenvalue weighted by atomic mass is 9.89. The highest BCUT2D eigenvalue weighted by atomic mass is 16.5. The Morgan fingerprint density at radius 2 is 1.48 bits per heavy atom. The molecule has 314 valence electrons. The third kappa shape index (κ3) is 8.06. The number of amides is 4. The molecule has 1 saturated heterocycles. The van der Waals surface area contributed by atoms with Gasteiger partial charge in [-0.25, -0.2) is 19.6 Å². The second-order valence-corrected chi connectivity index (χ2v) is 17.1. The van der Waals surface area contributed by atoms with Crippen molar-refractivity contribution in [2.45, 2.75) is 103 Å². The fourth-order valence-electron chi connectivity index (χ4n) is 9.30. The van der Waals surface area contributed by atoms with Crippen molar-refractivity contribution in [1.29, 1.82) is 0 Å². The molecule has 2 aromatic heterocycles. The first kappa shape index (κ1) is 40.6. The Bertz CT molecular complexity index is 2420. The topological polar surface area (TPSA) is 194 Å². The fraction of sp³-hybridized carbons (Fsp3) is 0.435. The van der Waals surface area contributed by atoms with E-state index in [2.05, 4.69) is 80.5 Å². The van der Waals surface area contributed by atoms with E-state index in [-0.39, 0.29) is 41.7 Å². The molecular formula is C46H54N8O6. The Hall–Kier alpha value is -6.18. The Morgan fingerprint density at radius 1 is 0.783 bits per heavy atom. The summed E-state index contributed by atoms with van der Waals surface area (Å²) in [5.41, 5.74) is 10.6. The third-order valence-corrected chi connectivity index (χ3v) is 12.5. The number of H-pyrrole nitrogens is 2. The molecule has 3 aromatic carbocycles. The maximum Gasteiger partial charge on any atom is 0.407 e. The maximum atomic E-state index is 13.7. The number of methoxy groups -OCH3 is 1. The van der Waals surface area contributed by atoms with Gasteiger partial charge in [0, 0.05) is 24.1 Å². The Morgan fingerprint density at radius 3 is 2.18 bits per heavy atom. The number of imidazole rings is 2. The molecule has 14 nitrogen and oxygen atoms in total. The molecule has 14 heteroatoms. The molecule has 5 atom stereocenters. The van der Waals surface area contributed by atoms with Gasteiger partial charge in [-0.15, -0.1) is 0 Å². The first-order valence-corrected chi connectivity index (χ1v) is 21.2. The van der Waals surface area contributed by atoms with E-state index in [0.29, 0.717) is 6.54 Å². The van der Waals surface area contributed by atoms with Gasteiger partial charge in [0.1, 0.15) is 23.7 Å². The average Bonchev–Trinajstić information content (AvgIpc) is 4.07. The highest BCUT2D eigenvalue weighted by Gasteiger charge is 2.39. The molecule has 1 saturated carbocycles. The molecule has 2 fully saturated rings. The third-order valence-electron chi connectivity index (χ3n) is 12.5. The van der Waals surface area contributed by atoms with Gasteiger partial charge in [0.2, 0.25) is 11.8 Å². The van der Waals surface area contributed by atoms with Crippen molar-refractivity contribution in [3.63, 3.8) is 0 Å². The van der Waals surface area contributed by atoms with Crippen molar-refractivity contribution < 1.29 is 29.0 Å². The summed E-state index contributed by atoms with van der Waals surface area (Å²) in [5, 5.41) is 17.4. The molecule has 8 rings (SSSR count). The van der Waals surface area contributed by atoms with Gasteiger partial charge >= 0.3 is 12.2 Å². The largest absolute Gasteiger partial charge is 0.465 e. The maximum absolute atomic E-state index is 13.7. The van der Waals surface area contributed by atoms with Crippen molar-refractivity contribution in [3.8, 4) is 33.5 Å². The molecule has 0 unspecified atom stereocenters. The number of likely N-dealkylation sites (tertiary alicyclic amines) is 1. The van der Waals surface area contributed by atoms with Crippen LogP contribution in [0.3, 0.4) is 0 Å². The minimum absolute atomic E-state index is 0.00873. The predicted octanol–water partition coefficient (Wildman–Crippen LogP) is 7.47. The van der Waals surface area contributed by atoms with Crippen LogP contribution < -0.4 is 16.0 Å². The molecular weight excluding hydrogens is 761 g/mol. The number of ether oxygens (including phenoxy) is 1. The number of alkyl carbamates (subject to hydrolysis) is 1. The quantitative estimate of drug-likeness (QED) is 0.0790. The standard InChI is InChI=1S/C46H54N8O6/c1-24(2)38(52-45(57)58)43(55)50-33-9-6-8-32(33)41-47-34-19-16-29(23-36(34)49-41)27-13-11-26(12-14-27)28-15-18-31-30(22-28)17-20-35-40(31)51-42(48-35)37-10-7-21-54(37)44(56)39(25(3)4)53-46(59)60-5/h11-16,18-19,22-25,32-33,37-39,52H,6-10,17,20-21H2,1-5H3,(H,47,49)(H,48,51)(H,50,55)(H,53,59)(H,57,58)/t32-,33+,37+,38+,39+/m1/s1. The summed E-state index contributed by atoms with van der Waals surface area (Å²) in [6.45, 7) is 8.10. The lowest BCUT2D eigenvalue weighted by Gasteiger charge is -2.30. The summed E-state index contributed by atoms with van der Waals surface area (Å²) in [4.78, 5) is 69.1. The summed E-state index contributed by atoms with van der Waals surface area (Å²) in [7, 11) is 1.30. The van der Waals surface area contributed by atoms with Crippen LogP contribution in [0.1, 0.15) is 94.7 Å². The Labute approximate surface area is 349 Å². The van der Waals surface area contributed by atoms with Crippen molar-refractivity contribution in [3.05, 3.63) is 83.6 Å². The molecule has 0 bridgehead atoms. The number of aromatic amines is 2. The van der Waals surface area contributed by atoms with E-state index in [9.17, 15) is 24.3 Å². The van der Waals surface area contributed by atoms with Crippen LogP contribution in [0.4, 0.5) is 9.59 Å². The van der Waals surface area contributed by atoms with Crippen LogP contribution in [0.5, 0.6) is 0 Å². The zero-order valence-electron chi connectivity index (χ0n) is 34.8. The minimum Gasteiger partial charge on any atom is -0.465 e. The monoisotopic (exact) mass is 814 g/mol. The van der Waals surface area contributed by atoms with E-state index in [1.165, 1.54) is 12.7 Å². The smallest absolute Gasteiger partial charge is 0.407 e. The average molecular weight is 815 g/mol. The van der Waals surface area contributed by atoms with Crippen molar-refractivity contribution in [2.24, 2.45) is 11.8 Å². The van der Waals surface area contributed by atoms with E-state index in [1.807, 2.05) is 38.7 Å². The molecule has 0 radical (unpaired) electrons. The van der Waals surface area contributed by atoms with Crippen LogP contribution in [-0.4, -0.2) is 85.7 Å². The molecule has 1 aliphatic heterocycles. The van der Waals surface area contributed by atoms with Crippen molar-refractivity contribution in [1.82, 2.24) is 40.8 Å². The number of nitrogens with one attached hydrogen (secondary N) is 5. The van der Waals surface area contributed by atoms with E-state index in [4.69, 9.17) is 14.7 Å². The van der Waals surface area contributed by atoms with Crippen LogP contribution in [-0.2, 0) is 27.2 Å². The number of nitrogens with zero attached hydrogens (tertiary/aromatic N) is 3. The van der Waals surface area contributed by atoms with Gasteiger partial charge in [0.05, 0.1) is 35.6 Å². The highest BCUT2D eigenvalue weighted by molar-refractivity contribution is 5.87. The van der Waals surface area contributed by atoms with E-state index in [1.54, 1.807) is 0 Å². The summed E-state index contributed by atoms with van der Waals surface area (Å²) >= 11 is 0. The number of hydrogen-bond donors (Lipinski definition) is 6. The Kier molecular flexibility index (Phi) is 11.4. The molecule has 5 aromatic rings. The van der Waals surface area contributed by atoms with Gasteiger partial charge < -0.3 is 40.7 Å². The molecule has 4 amide bonds. The molecule has 6 N–H and O–H groups in total. The lowest BCUT2D eigenvalue weighted by Crippen LogP contribution is -2.52. The number of rotatable bonds is 11. The SMILES string of the molecule is COC(=O)N[C@H](C(=O)N1CCC[C@H]1c1nc2c([nH]1)-c1ccc(-c3ccc(-c4ccc5nc([C@@H]6CCC[C@@H]6NC(=O)[C@@H](NC(=O)O)C(C)C)[nH]c5c4)cc3)cc1CC2)C(C)C. The normalized spacial score (nSPS) is 19.5. The van der Waals surface area contributed by atoms with Gasteiger partial charge in [-0.05, 0) is 90.3 Å². The number of fused-ring (bicyclic) bond motifs is 4. The Balaban J connectivity index is 0.957. The van der Waals surface area contributed by atoms with Gasteiger partial charge in [0.15, 0.2) is 0 Å². The number of benzene rings is 3. The van der Waals surface area contributed by atoms with E-state index in [0.717, 1.165) is 107 Å². The zero-order valence-corrected chi connectivity index (χ0v) is 34.8. The second kappa shape index (κ2) is 16.8. The number of aryl methyl sites for hydroxylation is 2. The van der Waals surface area contributed by atoms with Crippen LogP contribution in [0.25, 0.3) is 44.5 Å². The number of carbonyl (C=O) groups is 4. The number of aromatic nitrogens is 4. The number of carbonyl (C=O) groups excluding carboxylic acids is 3. The van der Waals surface area contributed by atoms with E-state index >= 15 is 0 Å². The first-order valence-electron chi connectivity index (χ1n) is 21.2. The van der Waals surface area contributed by atoms with Crippen LogP contribution in [0.2, 0.25) is 0 Å². The minimum atomic E-state index is -1.21. The van der Waals surface area contributed by atoms with Gasteiger partial charge in [0.25, 0.3) is 0 Å². The van der Waals surface area contributed by atoms with Crippen molar-refractivity contribution >= 4 is 35.0 Å².